The number of carbonyl (C=O) groups excluding carboxylic acids is 2. The van der Waals surface area contributed by atoms with Gasteiger partial charge in [-0.25, -0.2) is 22.6 Å². The van der Waals surface area contributed by atoms with Gasteiger partial charge in [0.1, 0.15) is 17.1 Å². The van der Waals surface area contributed by atoms with Crippen LogP contribution in [0.2, 0.25) is 10.0 Å². The zero-order chi connectivity index (χ0) is 34.7. The van der Waals surface area contributed by atoms with Crippen LogP contribution in [-0.4, -0.2) is 77.2 Å². The molecule has 48 heavy (non-hydrogen) atoms. The molecule has 6 rings (SSSR count). The molecule has 2 aliphatic rings. The minimum absolute atomic E-state index is 0.0222. The fraction of sp³-hybridized carbons (Fsp3) is 0.382. The zero-order valence-electron chi connectivity index (χ0n) is 27.1. The smallest absolute Gasteiger partial charge is 0.410 e. The molecule has 2 aliphatic heterocycles. The summed E-state index contributed by atoms with van der Waals surface area (Å²) in [7, 11) is -2.44. The third-order valence-electron chi connectivity index (χ3n) is 8.69. The van der Waals surface area contributed by atoms with E-state index in [0.29, 0.717) is 53.3 Å². The lowest BCUT2D eigenvalue weighted by molar-refractivity contribution is -0.00841. The summed E-state index contributed by atoms with van der Waals surface area (Å²) in [6, 6.07) is 11.6. The highest BCUT2D eigenvalue weighted by atomic mass is 35.5. The van der Waals surface area contributed by atoms with Crippen molar-refractivity contribution in [1.82, 2.24) is 19.2 Å². The second-order valence-corrected chi connectivity index (χ2v) is 15.8. The Balaban J connectivity index is 1.47. The Morgan fingerprint density at radius 3 is 2.52 bits per heavy atom. The number of sulfone groups is 1. The lowest BCUT2D eigenvalue weighted by Gasteiger charge is -2.42. The van der Waals surface area contributed by atoms with Gasteiger partial charge in [-0.3, -0.25) is 9.20 Å². The highest BCUT2D eigenvalue weighted by molar-refractivity contribution is 7.92. The zero-order valence-corrected chi connectivity index (χ0v) is 29.4. The van der Waals surface area contributed by atoms with Crippen LogP contribution in [0.4, 0.5) is 9.18 Å². The van der Waals surface area contributed by atoms with Gasteiger partial charge < -0.3 is 19.3 Å². The van der Waals surface area contributed by atoms with E-state index in [2.05, 4.69) is 0 Å². The van der Waals surface area contributed by atoms with Crippen LogP contribution in [-0.2, 0) is 14.6 Å². The van der Waals surface area contributed by atoms with Gasteiger partial charge in [0.05, 0.1) is 39.5 Å². The van der Waals surface area contributed by atoms with Crippen LogP contribution in [0.5, 0.6) is 5.88 Å². The van der Waals surface area contributed by atoms with Crippen molar-refractivity contribution in [2.24, 2.45) is 0 Å². The molecule has 0 bridgehead atoms. The molecule has 2 amide bonds. The summed E-state index contributed by atoms with van der Waals surface area (Å²) in [5.41, 5.74) is 1.32. The lowest BCUT2D eigenvalue weighted by Crippen LogP contribution is -2.54. The average Bonchev–Trinajstić information content (AvgIpc) is 3.51. The van der Waals surface area contributed by atoms with Gasteiger partial charge in [-0.1, -0.05) is 35.3 Å². The van der Waals surface area contributed by atoms with Gasteiger partial charge in [0.2, 0.25) is 0 Å². The van der Waals surface area contributed by atoms with E-state index in [-0.39, 0.29) is 33.2 Å². The number of benzene rings is 2. The van der Waals surface area contributed by atoms with Crippen LogP contribution in [0.15, 0.2) is 53.4 Å². The summed E-state index contributed by atoms with van der Waals surface area (Å²) < 4.78 is 54.4. The first kappa shape index (κ1) is 34.0. The second kappa shape index (κ2) is 12.5. The van der Waals surface area contributed by atoms with Crippen molar-refractivity contribution in [2.75, 3.05) is 26.0 Å². The van der Waals surface area contributed by atoms with Crippen molar-refractivity contribution in [3.8, 4) is 17.1 Å². The fourth-order valence-corrected chi connectivity index (χ4v) is 8.95. The molecule has 254 valence electrons. The molecule has 2 aromatic carbocycles. The van der Waals surface area contributed by atoms with Crippen LogP contribution in [0, 0.1) is 12.7 Å². The Hall–Kier alpha value is -3.87. The molecule has 10 nitrogen and oxygen atoms in total. The summed E-state index contributed by atoms with van der Waals surface area (Å²) in [6.45, 7) is 7.58. The third-order valence-corrected chi connectivity index (χ3v) is 11.4. The Morgan fingerprint density at radius 2 is 1.88 bits per heavy atom. The van der Waals surface area contributed by atoms with Crippen molar-refractivity contribution in [3.63, 3.8) is 0 Å². The number of imidazole rings is 1. The molecule has 1 fully saturated rings. The van der Waals surface area contributed by atoms with Gasteiger partial charge in [0.15, 0.2) is 21.4 Å². The van der Waals surface area contributed by atoms with Gasteiger partial charge in [0, 0.05) is 24.7 Å². The number of halogens is 3. The number of pyridine rings is 1. The van der Waals surface area contributed by atoms with Crippen molar-refractivity contribution >= 4 is 50.7 Å². The number of aromatic nitrogens is 2. The summed E-state index contributed by atoms with van der Waals surface area (Å²) in [4.78, 5) is 35.5. The maximum absolute atomic E-state index is 14.9. The molecular formula is C34H35Cl2FN4O6S. The normalized spacial score (nSPS) is 18.4. The molecule has 0 spiro atoms. The van der Waals surface area contributed by atoms with E-state index in [4.69, 9.17) is 37.7 Å². The molecule has 2 aromatic heterocycles. The Labute approximate surface area is 288 Å². The second-order valence-electron chi connectivity index (χ2n) is 13.0. The van der Waals surface area contributed by atoms with Gasteiger partial charge in [-0.2, -0.15) is 0 Å². The molecule has 4 aromatic rings. The van der Waals surface area contributed by atoms with Gasteiger partial charge in [0.25, 0.3) is 5.91 Å². The van der Waals surface area contributed by atoms with Crippen LogP contribution < -0.4 is 4.74 Å². The predicted octanol–water partition coefficient (Wildman–Crippen LogP) is 7.13. The molecular weight excluding hydrogens is 682 g/mol. The quantitative estimate of drug-likeness (QED) is 0.200. The van der Waals surface area contributed by atoms with Crippen molar-refractivity contribution < 1.29 is 31.9 Å². The first-order valence-corrected chi connectivity index (χ1v) is 17.9. The van der Waals surface area contributed by atoms with E-state index in [1.165, 1.54) is 24.1 Å². The van der Waals surface area contributed by atoms with E-state index in [9.17, 15) is 22.4 Å². The Bertz CT molecular complexity index is 2060. The summed E-state index contributed by atoms with van der Waals surface area (Å²) in [5, 5.41) is -0.0134. The number of carbonyl (C=O) groups is 2. The number of hydrogen-bond acceptors (Lipinski definition) is 7. The van der Waals surface area contributed by atoms with Crippen LogP contribution in [0.1, 0.15) is 61.3 Å². The topological polar surface area (TPSA) is 111 Å². The van der Waals surface area contributed by atoms with Gasteiger partial charge in [-0.15, -0.1) is 0 Å². The number of methoxy groups -OCH3 is 1. The van der Waals surface area contributed by atoms with Crippen molar-refractivity contribution in [2.45, 2.75) is 63.1 Å². The highest BCUT2D eigenvalue weighted by Crippen LogP contribution is 2.45. The highest BCUT2D eigenvalue weighted by Gasteiger charge is 2.44. The van der Waals surface area contributed by atoms with Crippen LogP contribution >= 0.6 is 23.2 Å². The van der Waals surface area contributed by atoms with Crippen molar-refractivity contribution in [3.05, 3.63) is 81.2 Å². The first-order valence-electron chi connectivity index (χ1n) is 15.4. The molecule has 1 saturated heterocycles. The largest absolute Gasteiger partial charge is 0.482 e. The van der Waals surface area contributed by atoms with E-state index < -0.39 is 45.1 Å². The Morgan fingerprint density at radius 1 is 1.12 bits per heavy atom. The minimum Gasteiger partial charge on any atom is -0.482 e. The summed E-state index contributed by atoms with van der Waals surface area (Å²) in [6.07, 6.45) is 0.585. The van der Waals surface area contributed by atoms with Crippen molar-refractivity contribution in [1.29, 1.82) is 0 Å². The molecule has 0 aliphatic carbocycles. The van der Waals surface area contributed by atoms with Crippen LogP contribution in [0.3, 0.4) is 0 Å². The molecule has 0 N–H and O–H groups in total. The molecule has 1 unspecified atom stereocenters. The average molecular weight is 718 g/mol. The maximum atomic E-state index is 14.9. The number of likely N-dealkylation sites (tertiary alicyclic amines) is 1. The van der Waals surface area contributed by atoms with E-state index in [1.807, 2.05) is 0 Å². The number of hydrogen-bond donors (Lipinski definition) is 0. The van der Waals surface area contributed by atoms with E-state index >= 15 is 0 Å². The minimum atomic E-state index is -3.93. The number of ether oxygens (including phenoxy) is 2. The Kier molecular flexibility index (Phi) is 8.89. The SMILES string of the molecule is COc1cccc2nc(C(=O)N(CC[C@@H]3CCN3C(=O)OC(C)(C)C)C3CS(=O)(=O)c4c3ccc(Cl)c4Cl)c(-c3ccc(F)c(C)c3)n12. The number of fused-ring (bicyclic) bond motifs is 2. The van der Waals surface area contributed by atoms with Gasteiger partial charge in [-0.05, 0) is 88.1 Å². The molecule has 0 saturated carbocycles. The molecule has 4 heterocycles. The third kappa shape index (κ3) is 6.10. The van der Waals surface area contributed by atoms with E-state index in [1.54, 1.807) is 73.4 Å². The predicted molar refractivity (Wildman–Crippen MR) is 180 cm³/mol. The summed E-state index contributed by atoms with van der Waals surface area (Å²) >= 11 is 12.7. The maximum Gasteiger partial charge on any atom is 0.410 e. The van der Waals surface area contributed by atoms with E-state index in [0.717, 1.165) is 0 Å². The number of nitrogens with zero attached hydrogens (tertiary/aromatic N) is 4. The van der Waals surface area contributed by atoms with Gasteiger partial charge >= 0.3 is 6.09 Å². The fourth-order valence-electron chi connectivity index (χ4n) is 6.32. The first-order chi connectivity index (χ1) is 22.6. The standard InChI is InChI=1S/C34H35Cl2FN4O6S/c1-19-17-20(9-12-24(19)37)30-29(38-26-7-6-8-27(46-5)41(26)30)32(42)40(16-14-21-13-15-39(21)33(43)47-34(2,3)4)25-18-48(44,45)31-22(25)10-11-23(35)28(31)36/h6-12,17,21,25H,13-16,18H2,1-5H3/t21-,25?/m0/s1. The lowest BCUT2D eigenvalue weighted by atomic mass is 9.98. The summed E-state index contributed by atoms with van der Waals surface area (Å²) in [5.74, 6) is -0.997. The number of aryl methyl sites for hydroxylation is 1. The monoisotopic (exact) mass is 716 g/mol. The number of rotatable bonds is 7. The number of amides is 2. The molecule has 14 heteroatoms. The molecule has 2 atom stereocenters. The van der Waals surface area contributed by atoms with Crippen LogP contribution in [0.25, 0.3) is 16.9 Å². The molecule has 0 radical (unpaired) electrons.